The molecule has 132 valence electrons. The highest BCUT2D eigenvalue weighted by Crippen LogP contribution is 2.45. The van der Waals surface area contributed by atoms with Gasteiger partial charge >= 0.3 is 5.97 Å². The van der Waals surface area contributed by atoms with E-state index in [4.69, 9.17) is 4.74 Å². The maximum atomic E-state index is 12.9. The molecule has 0 spiro atoms. The van der Waals surface area contributed by atoms with Gasteiger partial charge in [-0.1, -0.05) is 48.5 Å². The third kappa shape index (κ3) is 2.45. The third-order valence-electron chi connectivity index (χ3n) is 5.12. The maximum absolute atomic E-state index is 12.9. The number of hydrogen-bond acceptors (Lipinski definition) is 3. The summed E-state index contributed by atoms with van der Waals surface area (Å²) in [4.78, 5) is 16.0. The van der Waals surface area contributed by atoms with E-state index in [0.717, 1.165) is 39.1 Å². The van der Waals surface area contributed by atoms with Crippen molar-refractivity contribution in [2.45, 2.75) is 33.0 Å². The minimum atomic E-state index is -0.638. The van der Waals surface area contributed by atoms with Gasteiger partial charge in [-0.15, -0.1) is 0 Å². The Morgan fingerprint density at radius 1 is 1.04 bits per heavy atom. The molecular formula is C22H21NO3. The van der Waals surface area contributed by atoms with Crippen molar-refractivity contribution in [2.24, 2.45) is 0 Å². The summed E-state index contributed by atoms with van der Waals surface area (Å²) in [6.07, 6.45) is -1.06. The topological polar surface area (TPSA) is 62.3 Å². The molecule has 2 N–H and O–H groups in total. The number of aromatic nitrogens is 1. The summed E-state index contributed by atoms with van der Waals surface area (Å²) in [5.74, 6) is -0.408. The van der Waals surface area contributed by atoms with Crippen molar-refractivity contribution in [1.29, 1.82) is 0 Å². The van der Waals surface area contributed by atoms with E-state index in [1.54, 1.807) is 6.92 Å². The summed E-state index contributed by atoms with van der Waals surface area (Å²) >= 11 is 0. The average molecular weight is 347 g/mol. The number of aryl methyl sites for hydroxylation is 1. The molecule has 2 aromatic carbocycles. The molecule has 0 saturated carbocycles. The lowest BCUT2D eigenvalue weighted by Gasteiger charge is -2.15. The zero-order chi connectivity index (χ0) is 18.4. The highest BCUT2D eigenvalue weighted by atomic mass is 16.5. The summed E-state index contributed by atoms with van der Waals surface area (Å²) in [6.45, 7) is 5.38. The van der Waals surface area contributed by atoms with Crippen LogP contribution in [0.3, 0.4) is 0 Å². The Kier molecular flexibility index (Phi) is 3.93. The van der Waals surface area contributed by atoms with Gasteiger partial charge in [0, 0.05) is 22.4 Å². The number of carbonyl (C=O) groups excluding carboxylic acids is 1. The standard InChI is InChI=1S/C22H21NO3/c1-12-19(14(3)24)13(2)23-20(12)22(25)26-21-17-10-6-4-8-15(17)16-9-5-7-11-18(16)21/h4-11,14,21,23-24H,1-3H3/t14-/m0/s1. The van der Waals surface area contributed by atoms with E-state index in [1.165, 1.54) is 0 Å². The number of aliphatic hydroxyl groups excluding tert-OH is 1. The van der Waals surface area contributed by atoms with Crippen LogP contribution in [0, 0.1) is 13.8 Å². The van der Waals surface area contributed by atoms with E-state index < -0.39 is 18.2 Å². The van der Waals surface area contributed by atoms with Gasteiger partial charge in [0.05, 0.1) is 6.10 Å². The molecule has 1 aliphatic rings. The highest BCUT2D eigenvalue weighted by Gasteiger charge is 2.32. The van der Waals surface area contributed by atoms with Gasteiger partial charge in [-0.05, 0) is 37.5 Å². The van der Waals surface area contributed by atoms with Crippen LogP contribution in [0.2, 0.25) is 0 Å². The second kappa shape index (κ2) is 6.15. The van der Waals surface area contributed by atoms with Gasteiger partial charge in [0.15, 0.2) is 6.10 Å². The van der Waals surface area contributed by atoms with E-state index in [9.17, 15) is 9.90 Å². The van der Waals surface area contributed by atoms with E-state index in [1.807, 2.05) is 50.2 Å². The molecule has 0 unspecified atom stereocenters. The minimum absolute atomic E-state index is 0.403. The van der Waals surface area contributed by atoms with Crippen LogP contribution in [-0.2, 0) is 4.74 Å². The van der Waals surface area contributed by atoms with Gasteiger partial charge in [0.2, 0.25) is 0 Å². The van der Waals surface area contributed by atoms with Crippen molar-refractivity contribution < 1.29 is 14.6 Å². The van der Waals surface area contributed by atoms with Gasteiger partial charge in [0.25, 0.3) is 0 Å². The number of rotatable bonds is 3. The Morgan fingerprint density at radius 2 is 1.58 bits per heavy atom. The minimum Gasteiger partial charge on any atom is -0.448 e. The fourth-order valence-corrected chi connectivity index (χ4v) is 4.00. The molecule has 4 rings (SSSR count). The number of carbonyl (C=O) groups is 1. The summed E-state index contributed by atoms with van der Waals surface area (Å²) in [7, 11) is 0. The number of H-pyrrole nitrogens is 1. The Hall–Kier alpha value is -2.85. The zero-order valence-corrected chi connectivity index (χ0v) is 15.0. The first-order valence-electron chi connectivity index (χ1n) is 8.75. The fraction of sp³-hybridized carbons (Fsp3) is 0.227. The van der Waals surface area contributed by atoms with Crippen LogP contribution in [0.15, 0.2) is 48.5 Å². The van der Waals surface area contributed by atoms with E-state index in [2.05, 4.69) is 17.1 Å². The number of nitrogens with one attached hydrogen (secondary N) is 1. The lowest BCUT2D eigenvalue weighted by Crippen LogP contribution is -2.12. The second-order valence-electron chi connectivity index (χ2n) is 6.80. The first-order chi connectivity index (χ1) is 12.5. The summed E-state index contributed by atoms with van der Waals surface area (Å²) in [6, 6.07) is 16.0. The molecule has 1 aliphatic carbocycles. The lowest BCUT2D eigenvalue weighted by atomic mass is 10.1. The largest absolute Gasteiger partial charge is 0.448 e. The van der Waals surface area contributed by atoms with E-state index in [-0.39, 0.29) is 0 Å². The molecule has 0 bridgehead atoms. The first-order valence-corrected chi connectivity index (χ1v) is 8.75. The molecule has 0 saturated heterocycles. The van der Waals surface area contributed by atoms with Crippen molar-refractivity contribution in [1.82, 2.24) is 4.98 Å². The molecular weight excluding hydrogens is 326 g/mol. The monoisotopic (exact) mass is 347 g/mol. The van der Waals surface area contributed by atoms with Crippen LogP contribution in [0.5, 0.6) is 0 Å². The lowest BCUT2D eigenvalue weighted by molar-refractivity contribution is 0.0378. The molecule has 0 aliphatic heterocycles. The van der Waals surface area contributed by atoms with Crippen molar-refractivity contribution >= 4 is 5.97 Å². The fourth-order valence-electron chi connectivity index (χ4n) is 4.00. The Balaban J connectivity index is 1.72. The van der Waals surface area contributed by atoms with Crippen molar-refractivity contribution in [2.75, 3.05) is 0 Å². The Bertz CT molecular complexity index is 955. The summed E-state index contributed by atoms with van der Waals surface area (Å²) in [5, 5.41) is 9.95. The number of aliphatic hydroxyl groups is 1. The molecule has 1 heterocycles. The predicted molar refractivity (Wildman–Crippen MR) is 100 cm³/mol. The molecule has 4 nitrogen and oxygen atoms in total. The van der Waals surface area contributed by atoms with Crippen LogP contribution < -0.4 is 0 Å². The Labute approximate surface area is 152 Å². The smallest absolute Gasteiger partial charge is 0.355 e. The van der Waals surface area contributed by atoms with Gasteiger partial charge in [-0.3, -0.25) is 0 Å². The van der Waals surface area contributed by atoms with Crippen molar-refractivity contribution in [3.8, 4) is 11.1 Å². The number of benzene rings is 2. The molecule has 0 radical (unpaired) electrons. The van der Waals surface area contributed by atoms with E-state index in [0.29, 0.717) is 5.69 Å². The normalized spacial score (nSPS) is 14.0. The molecule has 26 heavy (non-hydrogen) atoms. The maximum Gasteiger partial charge on any atom is 0.355 e. The summed E-state index contributed by atoms with van der Waals surface area (Å²) < 4.78 is 5.93. The van der Waals surface area contributed by atoms with Crippen LogP contribution in [0.1, 0.15) is 57.6 Å². The van der Waals surface area contributed by atoms with Crippen molar-refractivity contribution in [3.63, 3.8) is 0 Å². The molecule has 0 fully saturated rings. The molecule has 0 amide bonds. The van der Waals surface area contributed by atoms with Gasteiger partial charge in [0.1, 0.15) is 5.69 Å². The number of ether oxygens (including phenoxy) is 1. The third-order valence-corrected chi connectivity index (χ3v) is 5.12. The van der Waals surface area contributed by atoms with Crippen LogP contribution >= 0.6 is 0 Å². The number of fused-ring (bicyclic) bond motifs is 3. The number of esters is 1. The SMILES string of the molecule is Cc1[nH]c(C(=O)OC2c3ccccc3-c3ccccc32)c(C)c1[C@H](C)O. The highest BCUT2D eigenvalue weighted by molar-refractivity contribution is 5.91. The second-order valence-corrected chi connectivity index (χ2v) is 6.80. The number of hydrogen-bond donors (Lipinski definition) is 2. The molecule has 3 aromatic rings. The van der Waals surface area contributed by atoms with Gasteiger partial charge in [-0.25, -0.2) is 4.79 Å². The van der Waals surface area contributed by atoms with Crippen LogP contribution in [-0.4, -0.2) is 16.1 Å². The zero-order valence-electron chi connectivity index (χ0n) is 15.0. The molecule has 1 aromatic heterocycles. The Morgan fingerprint density at radius 3 is 2.08 bits per heavy atom. The summed E-state index contributed by atoms with van der Waals surface area (Å²) in [5.41, 5.74) is 6.88. The van der Waals surface area contributed by atoms with Crippen LogP contribution in [0.4, 0.5) is 0 Å². The average Bonchev–Trinajstić information content (AvgIpc) is 3.10. The van der Waals surface area contributed by atoms with Gasteiger partial charge in [-0.2, -0.15) is 0 Å². The number of aromatic amines is 1. The van der Waals surface area contributed by atoms with Crippen LogP contribution in [0.25, 0.3) is 11.1 Å². The molecule has 4 heteroatoms. The molecule has 1 atom stereocenters. The quantitative estimate of drug-likeness (QED) is 0.680. The van der Waals surface area contributed by atoms with Crippen molar-refractivity contribution in [3.05, 3.63) is 82.2 Å². The van der Waals surface area contributed by atoms with E-state index >= 15 is 0 Å². The first kappa shape index (κ1) is 16.6. The predicted octanol–water partition coefficient (Wildman–Crippen LogP) is 4.61. The van der Waals surface area contributed by atoms with Gasteiger partial charge < -0.3 is 14.8 Å².